The van der Waals surface area contributed by atoms with Crippen molar-refractivity contribution in [1.29, 1.82) is 0 Å². The van der Waals surface area contributed by atoms with Gasteiger partial charge in [-0.2, -0.15) is 0 Å². The van der Waals surface area contributed by atoms with Gasteiger partial charge in [0.2, 0.25) is 0 Å². The summed E-state index contributed by atoms with van der Waals surface area (Å²) >= 11 is 1.42. The predicted octanol–water partition coefficient (Wildman–Crippen LogP) is 3.14. The van der Waals surface area contributed by atoms with E-state index >= 15 is 0 Å². The van der Waals surface area contributed by atoms with E-state index in [0.717, 1.165) is 22.4 Å². The number of ether oxygens (including phenoxy) is 1. The number of thiophene rings is 1. The van der Waals surface area contributed by atoms with Crippen LogP contribution >= 0.6 is 11.3 Å². The van der Waals surface area contributed by atoms with Crippen LogP contribution in [0.3, 0.4) is 0 Å². The third-order valence-electron chi connectivity index (χ3n) is 3.91. The molecule has 23 heavy (non-hydrogen) atoms. The highest BCUT2D eigenvalue weighted by molar-refractivity contribution is 7.12. The van der Waals surface area contributed by atoms with Gasteiger partial charge in [-0.3, -0.25) is 9.59 Å². The van der Waals surface area contributed by atoms with Gasteiger partial charge in [0.1, 0.15) is 0 Å². The first-order valence-electron chi connectivity index (χ1n) is 7.71. The smallest absolute Gasteiger partial charge is 0.253 e. The molecule has 0 bridgehead atoms. The third-order valence-corrected chi connectivity index (χ3v) is 4.82. The summed E-state index contributed by atoms with van der Waals surface area (Å²) in [4.78, 5) is 25.3. The number of carbonyl (C=O) groups excluding carboxylic acids is 2. The Bertz CT molecular complexity index is 696. The number of hydrogen-bond donors (Lipinski definition) is 1. The number of benzene rings is 1. The van der Waals surface area contributed by atoms with Gasteiger partial charge in [0.25, 0.3) is 5.91 Å². The molecule has 4 nitrogen and oxygen atoms in total. The Morgan fingerprint density at radius 3 is 2.91 bits per heavy atom. The number of nitrogens with one attached hydrogen (secondary N) is 1. The van der Waals surface area contributed by atoms with Crippen molar-refractivity contribution >= 4 is 23.0 Å². The Kier molecular flexibility index (Phi) is 4.88. The second kappa shape index (κ2) is 7.06. The number of carbonyl (C=O) groups is 2. The van der Waals surface area contributed by atoms with E-state index in [9.17, 15) is 9.59 Å². The van der Waals surface area contributed by atoms with E-state index in [1.807, 2.05) is 48.7 Å². The minimum Gasteiger partial charge on any atom is -0.363 e. The molecule has 0 fully saturated rings. The summed E-state index contributed by atoms with van der Waals surface area (Å²) in [6, 6.07) is 11.3. The number of rotatable bonds is 5. The van der Waals surface area contributed by atoms with E-state index in [1.54, 1.807) is 0 Å². The van der Waals surface area contributed by atoms with Crippen molar-refractivity contribution in [2.24, 2.45) is 0 Å². The minimum atomic E-state index is -0.584. The molecule has 2 unspecified atom stereocenters. The number of fused-ring (bicyclic) bond motifs is 1. The van der Waals surface area contributed by atoms with Crippen molar-refractivity contribution in [2.75, 3.05) is 6.61 Å². The molecule has 1 amide bonds. The van der Waals surface area contributed by atoms with E-state index in [4.69, 9.17) is 4.74 Å². The summed E-state index contributed by atoms with van der Waals surface area (Å²) in [5, 5.41) is 4.78. The molecule has 0 saturated heterocycles. The van der Waals surface area contributed by atoms with Gasteiger partial charge in [-0.05, 0) is 35.9 Å². The van der Waals surface area contributed by atoms with Crippen LogP contribution in [0.4, 0.5) is 0 Å². The Hall–Kier alpha value is -1.98. The molecule has 3 rings (SSSR count). The Morgan fingerprint density at radius 1 is 1.30 bits per heavy atom. The molecule has 1 aromatic heterocycles. The van der Waals surface area contributed by atoms with Gasteiger partial charge >= 0.3 is 0 Å². The number of amides is 1. The van der Waals surface area contributed by atoms with Crippen molar-refractivity contribution < 1.29 is 14.3 Å². The monoisotopic (exact) mass is 329 g/mol. The van der Waals surface area contributed by atoms with E-state index in [-0.39, 0.29) is 17.7 Å². The average Bonchev–Trinajstić information content (AvgIpc) is 3.08. The van der Waals surface area contributed by atoms with Crippen LogP contribution in [0.5, 0.6) is 0 Å². The lowest BCUT2D eigenvalue weighted by Gasteiger charge is -2.26. The average molecular weight is 329 g/mol. The highest BCUT2D eigenvalue weighted by Gasteiger charge is 2.28. The second-order valence-electron chi connectivity index (χ2n) is 5.71. The van der Waals surface area contributed by atoms with Gasteiger partial charge in [-0.25, -0.2) is 0 Å². The largest absolute Gasteiger partial charge is 0.363 e. The van der Waals surface area contributed by atoms with Gasteiger partial charge in [0, 0.05) is 12.5 Å². The molecule has 2 heterocycles. The molecule has 2 atom stereocenters. The Morgan fingerprint density at radius 2 is 2.13 bits per heavy atom. The molecule has 0 spiro atoms. The molecule has 5 heteroatoms. The summed E-state index contributed by atoms with van der Waals surface area (Å²) in [5.74, 6) is -0.124. The van der Waals surface area contributed by atoms with Gasteiger partial charge in [-0.1, -0.05) is 30.3 Å². The zero-order valence-electron chi connectivity index (χ0n) is 13.0. The molecule has 120 valence electrons. The van der Waals surface area contributed by atoms with Crippen molar-refractivity contribution in [3.63, 3.8) is 0 Å². The lowest BCUT2D eigenvalue weighted by atomic mass is 9.97. The summed E-state index contributed by atoms with van der Waals surface area (Å²) < 4.78 is 5.65. The standard InChI is InChI=1S/C18H19NO3S/c1-12(11-15(20)16-7-4-10-23-16)19-18(21)17-14-6-3-2-5-13(14)8-9-22-17/h2-7,10,12,17H,8-9,11H2,1H3,(H,19,21). The van der Waals surface area contributed by atoms with E-state index in [0.29, 0.717) is 13.0 Å². The maximum atomic E-state index is 12.5. The highest BCUT2D eigenvalue weighted by atomic mass is 32.1. The molecule has 1 aromatic carbocycles. The number of hydrogen-bond acceptors (Lipinski definition) is 4. The first-order valence-corrected chi connectivity index (χ1v) is 8.59. The molecule has 1 aliphatic heterocycles. The topological polar surface area (TPSA) is 55.4 Å². The SMILES string of the molecule is CC(CC(=O)c1cccs1)NC(=O)C1OCCc2ccccc21. The fourth-order valence-electron chi connectivity index (χ4n) is 2.80. The van der Waals surface area contributed by atoms with E-state index in [1.165, 1.54) is 11.3 Å². The maximum Gasteiger partial charge on any atom is 0.253 e. The van der Waals surface area contributed by atoms with Crippen molar-refractivity contribution in [1.82, 2.24) is 5.32 Å². The van der Waals surface area contributed by atoms with Crippen molar-refractivity contribution in [2.45, 2.75) is 31.9 Å². The minimum absolute atomic E-state index is 0.0535. The number of Topliss-reactive ketones (excluding diaryl/α,β-unsaturated/α-hetero) is 1. The predicted molar refractivity (Wildman–Crippen MR) is 89.7 cm³/mol. The zero-order valence-corrected chi connectivity index (χ0v) is 13.8. The van der Waals surface area contributed by atoms with Crippen molar-refractivity contribution in [3.8, 4) is 0 Å². The first kappa shape index (κ1) is 15.9. The van der Waals surface area contributed by atoms with E-state index in [2.05, 4.69) is 5.32 Å². The molecule has 1 N–H and O–H groups in total. The van der Waals surface area contributed by atoms with Crippen LogP contribution in [0.1, 0.15) is 40.2 Å². The van der Waals surface area contributed by atoms with Crippen LogP contribution in [0.2, 0.25) is 0 Å². The summed E-state index contributed by atoms with van der Waals surface area (Å²) in [7, 11) is 0. The van der Waals surface area contributed by atoms with Crippen LogP contribution in [0.15, 0.2) is 41.8 Å². The third kappa shape index (κ3) is 3.68. The lowest BCUT2D eigenvalue weighted by Crippen LogP contribution is -2.39. The summed E-state index contributed by atoms with van der Waals surface area (Å²) in [6.07, 6.45) is 0.534. The second-order valence-corrected chi connectivity index (χ2v) is 6.66. The highest BCUT2D eigenvalue weighted by Crippen LogP contribution is 2.27. The fraction of sp³-hybridized carbons (Fsp3) is 0.333. The maximum absolute atomic E-state index is 12.5. The Labute approximate surface area is 139 Å². The van der Waals surface area contributed by atoms with Crippen LogP contribution in [0.25, 0.3) is 0 Å². The first-order chi connectivity index (χ1) is 11.1. The van der Waals surface area contributed by atoms with E-state index < -0.39 is 6.10 Å². The van der Waals surface area contributed by atoms with Gasteiger partial charge < -0.3 is 10.1 Å². The summed E-state index contributed by atoms with van der Waals surface area (Å²) in [5.41, 5.74) is 2.08. The van der Waals surface area contributed by atoms with Crippen LogP contribution in [-0.4, -0.2) is 24.3 Å². The molecule has 0 radical (unpaired) electrons. The van der Waals surface area contributed by atoms with Gasteiger partial charge in [0.15, 0.2) is 11.9 Å². The fourth-order valence-corrected chi connectivity index (χ4v) is 3.47. The van der Waals surface area contributed by atoms with Crippen LogP contribution < -0.4 is 5.32 Å². The van der Waals surface area contributed by atoms with Crippen LogP contribution in [-0.2, 0) is 16.0 Å². The lowest BCUT2D eigenvalue weighted by molar-refractivity contribution is -0.134. The number of ketones is 1. The quantitative estimate of drug-likeness (QED) is 0.858. The van der Waals surface area contributed by atoms with Gasteiger partial charge in [0.05, 0.1) is 11.5 Å². The van der Waals surface area contributed by atoms with Crippen molar-refractivity contribution in [3.05, 3.63) is 57.8 Å². The zero-order chi connectivity index (χ0) is 16.2. The molecule has 0 saturated carbocycles. The molecule has 2 aromatic rings. The van der Waals surface area contributed by atoms with Crippen LogP contribution in [0, 0.1) is 0 Å². The van der Waals surface area contributed by atoms with Gasteiger partial charge in [-0.15, -0.1) is 11.3 Å². The normalized spacial score (nSPS) is 18.0. The molecular weight excluding hydrogens is 310 g/mol. The molecular formula is C18H19NO3S. The molecule has 0 aliphatic carbocycles. The Balaban J connectivity index is 1.62. The summed E-state index contributed by atoms with van der Waals surface area (Å²) in [6.45, 7) is 2.38. The molecule has 1 aliphatic rings.